The van der Waals surface area contributed by atoms with Gasteiger partial charge in [-0.05, 0) is 24.6 Å². The monoisotopic (exact) mass is 326 g/mol. The highest BCUT2D eigenvalue weighted by molar-refractivity contribution is 9.10. The summed E-state index contributed by atoms with van der Waals surface area (Å²) < 4.78 is 6.32. The highest BCUT2D eigenvalue weighted by Crippen LogP contribution is 2.19. The topological polar surface area (TPSA) is 72.6 Å². The third-order valence-corrected chi connectivity index (χ3v) is 3.59. The average Bonchev–Trinajstić information content (AvgIpc) is 2.86. The maximum atomic E-state index is 11.9. The molecule has 19 heavy (non-hydrogen) atoms. The van der Waals surface area contributed by atoms with E-state index in [-0.39, 0.29) is 24.3 Å². The Labute approximate surface area is 119 Å². The first-order chi connectivity index (χ1) is 9.06. The van der Waals surface area contributed by atoms with Crippen LogP contribution in [0.1, 0.15) is 6.42 Å². The lowest BCUT2D eigenvalue weighted by Crippen LogP contribution is -2.34. The van der Waals surface area contributed by atoms with E-state index in [1.54, 1.807) is 17.0 Å². The van der Waals surface area contributed by atoms with Crippen LogP contribution in [-0.4, -0.2) is 36.4 Å². The van der Waals surface area contributed by atoms with Crippen molar-refractivity contribution in [3.63, 3.8) is 0 Å². The molecule has 1 unspecified atom stereocenters. The molecule has 2 rings (SSSR count). The van der Waals surface area contributed by atoms with Crippen molar-refractivity contribution in [3.05, 3.63) is 28.7 Å². The molecule has 1 aromatic rings. The molecule has 0 aromatic heterocycles. The second-order valence-electron chi connectivity index (χ2n) is 4.47. The van der Waals surface area contributed by atoms with Crippen LogP contribution >= 0.6 is 15.9 Å². The standard InChI is InChI=1S/C13H15BrN2O3/c14-10-2-1-3-11(6-10)19-8-12(17)16-5-4-9(7-16)13(15)18/h1-3,6,9H,4-5,7-8H2,(H2,15,18). The number of likely N-dealkylation sites (tertiary alicyclic amines) is 1. The van der Waals surface area contributed by atoms with Gasteiger partial charge < -0.3 is 15.4 Å². The number of ether oxygens (including phenoxy) is 1. The molecule has 5 nitrogen and oxygen atoms in total. The van der Waals surface area contributed by atoms with E-state index in [1.165, 1.54) is 0 Å². The molecule has 1 atom stereocenters. The summed E-state index contributed by atoms with van der Waals surface area (Å²) in [5, 5.41) is 0. The number of amides is 2. The first-order valence-electron chi connectivity index (χ1n) is 6.01. The van der Waals surface area contributed by atoms with Crippen molar-refractivity contribution in [1.82, 2.24) is 4.90 Å². The number of hydrogen-bond acceptors (Lipinski definition) is 3. The molecule has 1 aliphatic rings. The number of benzene rings is 1. The number of halogens is 1. The van der Waals surface area contributed by atoms with E-state index in [4.69, 9.17) is 10.5 Å². The molecule has 2 N–H and O–H groups in total. The van der Waals surface area contributed by atoms with Crippen molar-refractivity contribution in [2.24, 2.45) is 11.7 Å². The van der Waals surface area contributed by atoms with Gasteiger partial charge in [-0.15, -0.1) is 0 Å². The molecular formula is C13H15BrN2O3. The third-order valence-electron chi connectivity index (χ3n) is 3.10. The Morgan fingerprint density at radius 1 is 1.47 bits per heavy atom. The number of carbonyl (C=O) groups excluding carboxylic acids is 2. The average molecular weight is 327 g/mol. The number of rotatable bonds is 4. The smallest absolute Gasteiger partial charge is 0.260 e. The summed E-state index contributed by atoms with van der Waals surface area (Å²) in [6.45, 7) is 0.937. The van der Waals surface area contributed by atoms with Gasteiger partial charge in [0.15, 0.2) is 6.61 Å². The lowest BCUT2D eigenvalue weighted by Gasteiger charge is -2.16. The second kappa shape index (κ2) is 6.06. The lowest BCUT2D eigenvalue weighted by atomic mass is 10.1. The first kappa shape index (κ1) is 13.9. The maximum Gasteiger partial charge on any atom is 0.260 e. The fourth-order valence-electron chi connectivity index (χ4n) is 2.01. The minimum atomic E-state index is -0.344. The lowest BCUT2D eigenvalue weighted by molar-refractivity contribution is -0.132. The SMILES string of the molecule is NC(=O)C1CCN(C(=O)COc2cccc(Br)c2)C1. The van der Waals surface area contributed by atoms with Gasteiger partial charge in [-0.3, -0.25) is 9.59 Å². The van der Waals surface area contributed by atoms with Crippen molar-refractivity contribution >= 4 is 27.7 Å². The highest BCUT2D eigenvalue weighted by atomic mass is 79.9. The van der Waals surface area contributed by atoms with Gasteiger partial charge in [0, 0.05) is 17.6 Å². The van der Waals surface area contributed by atoms with E-state index in [9.17, 15) is 9.59 Å². The quantitative estimate of drug-likeness (QED) is 0.902. The van der Waals surface area contributed by atoms with Gasteiger partial charge in [0.05, 0.1) is 5.92 Å². The molecular weight excluding hydrogens is 312 g/mol. The van der Waals surface area contributed by atoms with Crippen LogP contribution < -0.4 is 10.5 Å². The Hall–Kier alpha value is -1.56. The van der Waals surface area contributed by atoms with E-state index >= 15 is 0 Å². The first-order valence-corrected chi connectivity index (χ1v) is 6.81. The van der Waals surface area contributed by atoms with Crippen molar-refractivity contribution in [2.45, 2.75) is 6.42 Å². The summed E-state index contributed by atoms with van der Waals surface area (Å²) in [5.41, 5.74) is 5.23. The predicted molar refractivity (Wildman–Crippen MR) is 73.5 cm³/mol. The van der Waals surface area contributed by atoms with Gasteiger partial charge in [0.1, 0.15) is 5.75 Å². The van der Waals surface area contributed by atoms with Crippen LogP contribution in [0, 0.1) is 5.92 Å². The summed E-state index contributed by atoms with van der Waals surface area (Å²) >= 11 is 3.33. The van der Waals surface area contributed by atoms with E-state index in [2.05, 4.69) is 15.9 Å². The van der Waals surface area contributed by atoms with E-state index < -0.39 is 0 Å². The summed E-state index contributed by atoms with van der Waals surface area (Å²) in [7, 11) is 0. The summed E-state index contributed by atoms with van der Waals surface area (Å²) in [5.74, 6) is -0.0601. The number of nitrogens with two attached hydrogens (primary N) is 1. The van der Waals surface area contributed by atoms with Gasteiger partial charge in [0.25, 0.3) is 5.91 Å². The molecule has 1 fully saturated rings. The van der Waals surface area contributed by atoms with Gasteiger partial charge in [-0.25, -0.2) is 0 Å². The minimum absolute atomic E-state index is 0.0259. The zero-order chi connectivity index (χ0) is 13.8. The molecule has 1 heterocycles. The fraction of sp³-hybridized carbons (Fsp3) is 0.385. The maximum absolute atomic E-state index is 11.9. The van der Waals surface area contributed by atoms with Crippen LogP contribution in [0.4, 0.5) is 0 Å². The Morgan fingerprint density at radius 3 is 2.89 bits per heavy atom. The van der Waals surface area contributed by atoms with Crippen LogP contribution in [0.3, 0.4) is 0 Å². The predicted octanol–water partition coefficient (Wildman–Crippen LogP) is 1.16. The van der Waals surface area contributed by atoms with Crippen LogP contribution in [0.2, 0.25) is 0 Å². The van der Waals surface area contributed by atoms with E-state index in [1.807, 2.05) is 12.1 Å². The van der Waals surface area contributed by atoms with Crippen LogP contribution in [0.25, 0.3) is 0 Å². The number of hydrogen-bond donors (Lipinski definition) is 1. The summed E-state index contributed by atoms with van der Waals surface area (Å²) in [4.78, 5) is 24.6. The van der Waals surface area contributed by atoms with E-state index in [0.717, 1.165) is 4.47 Å². The minimum Gasteiger partial charge on any atom is -0.484 e. The molecule has 1 aromatic carbocycles. The van der Waals surface area contributed by atoms with Gasteiger partial charge in [-0.2, -0.15) is 0 Å². The van der Waals surface area contributed by atoms with Gasteiger partial charge in [-0.1, -0.05) is 22.0 Å². The zero-order valence-electron chi connectivity index (χ0n) is 10.3. The Kier molecular flexibility index (Phi) is 4.42. The van der Waals surface area contributed by atoms with Crippen LogP contribution in [0.5, 0.6) is 5.75 Å². The molecule has 0 bridgehead atoms. The van der Waals surface area contributed by atoms with Gasteiger partial charge >= 0.3 is 0 Å². The van der Waals surface area contributed by atoms with Crippen molar-refractivity contribution in [2.75, 3.05) is 19.7 Å². The second-order valence-corrected chi connectivity index (χ2v) is 5.39. The third kappa shape index (κ3) is 3.70. The number of primary amides is 1. The number of nitrogens with zero attached hydrogens (tertiary/aromatic N) is 1. The Balaban J connectivity index is 1.84. The molecule has 0 aliphatic carbocycles. The largest absolute Gasteiger partial charge is 0.484 e. The van der Waals surface area contributed by atoms with Crippen LogP contribution in [0.15, 0.2) is 28.7 Å². The molecule has 1 saturated heterocycles. The molecule has 2 amide bonds. The summed E-state index contributed by atoms with van der Waals surface area (Å²) in [6, 6.07) is 7.30. The van der Waals surface area contributed by atoms with Gasteiger partial charge in [0.2, 0.25) is 5.91 Å². The van der Waals surface area contributed by atoms with Crippen molar-refractivity contribution in [3.8, 4) is 5.75 Å². The highest BCUT2D eigenvalue weighted by Gasteiger charge is 2.29. The van der Waals surface area contributed by atoms with E-state index in [0.29, 0.717) is 25.3 Å². The Morgan fingerprint density at radius 2 is 2.26 bits per heavy atom. The normalized spacial score (nSPS) is 18.4. The summed E-state index contributed by atoms with van der Waals surface area (Å²) in [6.07, 6.45) is 0.637. The molecule has 102 valence electrons. The molecule has 0 saturated carbocycles. The van der Waals surface area contributed by atoms with Crippen molar-refractivity contribution < 1.29 is 14.3 Å². The molecule has 6 heteroatoms. The molecule has 1 aliphatic heterocycles. The van der Waals surface area contributed by atoms with Crippen molar-refractivity contribution in [1.29, 1.82) is 0 Å². The zero-order valence-corrected chi connectivity index (χ0v) is 11.9. The number of carbonyl (C=O) groups is 2. The molecule has 0 spiro atoms. The Bertz CT molecular complexity index is 493. The fourth-order valence-corrected chi connectivity index (χ4v) is 2.39. The van der Waals surface area contributed by atoms with Crippen LogP contribution in [-0.2, 0) is 9.59 Å². The molecule has 0 radical (unpaired) electrons.